The number of hydrogen-bond donors (Lipinski definition) is 0. The summed E-state index contributed by atoms with van der Waals surface area (Å²) in [6.07, 6.45) is -0.0300. The summed E-state index contributed by atoms with van der Waals surface area (Å²) in [6, 6.07) is 5.87. The van der Waals surface area contributed by atoms with Crippen molar-refractivity contribution in [2.24, 2.45) is 11.8 Å². The van der Waals surface area contributed by atoms with Crippen molar-refractivity contribution >= 4 is 33.5 Å². The van der Waals surface area contributed by atoms with Gasteiger partial charge in [0, 0.05) is 24.5 Å². The molecule has 1 aliphatic rings. The van der Waals surface area contributed by atoms with Crippen molar-refractivity contribution in [2.45, 2.75) is 64.5 Å². The van der Waals surface area contributed by atoms with Gasteiger partial charge >= 0.3 is 5.97 Å². The Labute approximate surface area is 184 Å². The topological polar surface area (TPSA) is 80.8 Å². The lowest BCUT2D eigenvalue weighted by molar-refractivity contribution is -0.163. The van der Waals surface area contributed by atoms with Crippen molar-refractivity contribution < 1.29 is 22.7 Å². The van der Waals surface area contributed by atoms with Crippen LogP contribution in [0, 0.1) is 18.8 Å². The number of rotatable bonds is 7. The van der Waals surface area contributed by atoms with Crippen molar-refractivity contribution in [3.63, 3.8) is 0 Å². The summed E-state index contributed by atoms with van der Waals surface area (Å²) in [5.74, 6) is -0.322. The Balaban J connectivity index is 2.25. The molecule has 2 atom stereocenters. The molecular formula is C22H33NO5S2. The molecule has 8 heteroatoms. The van der Waals surface area contributed by atoms with Gasteiger partial charge in [0.2, 0.25) is 10.0 Å². The molecule has 0 unspecified atom stereocenters. The van der Waals surface area contributed by atoms with Gasteiger partial charge in [-0.15, -0.1) is 0 Å². The first-order valence-electron chi connectivity index (χ1n) is 10.2. The maximum absolute atomic E-state index is 13.2. The third-order valence-electron chi connectivity index (χ3n) is 5.01. The molecule has 0 aliphatic carbocycles. The number of sulfonamides is 1. The summed E-state index contributed by atoms with van der Waals surface area (Å²) < 4.78 is 33.3. The van der Waals surface area contributed by atoms with Crippen LogP contribution < -0.4 is 0 Å². The molecule has 1 saturated heterocycles. The normalized spacial score (nSPS) is 19.5. The second-order valence-electron chi connectivity index (χ2n) is 9.07. The largest absolute Gasteiger partial charge is 0.460 e. The molecule has 1 fully saturated rings. The number of carbonyl (C=O) groups excluding carboxylic acids is 2. The minimum atomic E-state index is -3.80. The van der Waals surface area contributed by atoms with E-state index < -0.39 is 33.6 Å². The van der Waals surface area contributed by atoms with E-state index in [0.29, 0.717) is 11.5 Å². The van der Waals surface area contributed by atoms with E-state index in [9.17, 15) is 18.0 Å². The molecule has 0 aromatic heterocycles. The number of ketones is 1. The maximum Gasteiger partial charge on any atom is 0.310 e. The monoisotopic (exact) mass is 455 g/mol. The standard InChI is InChI=1S/C22H33NO5S2/c1-15(2)18(21(25)28-22(4,5)6)13-20(24)19-14-29-12-11-23(19)30(26,27)17-9-7-16(3)8-10-17/h7-10,15,18-19H,11-14H2,1-6H3/t18-,19+/m1/s1. The quantitative estimate of drug-likeness (QED) is 0.584. The third-order valence-corrected chi connectivity index (χ3v) is 7.96. The zero-order valence-electron chi connectivity index (χ0n) is 18.7. The van der Waals surface area contributed by atoms with E-state index in [2.05, 4.69) is 0 Å². The van der Waals surface area contributed by atoms with Gasteiger partial charge < -0.3 is 4.74 Å². The van der Waals surface area contributed by atoms with Gasteiger partial charge in [-0.3, -0.25) is 9.59 Å². The van der Waals surface area contributed by atoms with Gasteiger partial charge in [-0.1, -0.05) is 31.5 Å². The highest BCUT2D eigenvalue weighted by Crippen LogP contribution is 2.29. The van der Waals surface area contributed by atoms with E-state index in [1.54, 1.807) is 56.8 Å². The fourth-order valence-corrected chi connectivity index (χ4v) is 6.20. The van der Waals surface area contributed by atoms with E-state index in [1.807, 2.05) is 20.8 Å². The maximum atomic E-state index is 13.2. The molecular weight excluding hydrogens is 422 g/mol. The number of nitrogens with zero attached hydrogens (tertiary/aromatic N) is 1. The van der Waals surface area contributed by atoms with Gasteiger partial charge in [0.25, 0.3) is 0 Å². The summed E-state index contributed by atoms with van der Waals surface area (Å²) in [6.45, 7) is 11.3. The van der Waals surface area contributed by atoms with Crippen molar-refractivity contribution in [1.82, 2.24) is 4.31 Å². The molecule has 0 amide bonds. The Hall–Kier alpha value is -1.38. The summed E-state index contributed by atoms with van der Waals surface area (Å²) in [5.41, 5.74) is 0.322. The molecule has 1 aromatic rings. The zero-order valence-corrected chi connectivity index (χ0v) is 20.3. The summed E-state index contributed by atoms with van der Waals surface area (Å²) in [7, 11) is -3.80. The van der Waals surface area contributed by atoms with Crippen molar-refractivity contribution in [3.8, 4) is 0 Å². The van der Waals surface area contributed by atoms with Crippen LogP contribution in [0.15, 0.2) is 29.2 Å². The Morgan fingerprint density at radius 3 is 2.33 bits per heavy atom. The smallest absolute Gasteiger partial charge is 0.310 e. The van der Waals surface area contributed by atoms with Gasteiger partial charge in [-0.05, 0) is 45.7 Å². The average molecular weight is 456 g/mol. The van der Waals surface area contributed by atoms with Crippen LogP contribution in [0.1, 0.15) is 46.6 Å². The molecule has 0 N–H and O–H groups in total. The first kappa shape index (κ1) is 24.9. The lowest BCUT2D eigenvalue weighted by Gasteiger charge is -2.34. The number of esters is 1. The number of hydrogen-bond acceptors (Lipinski definition) is 6. The molecule has 1 aliphatic heterocycles. The fourth-order valence-electron chi connectivity index (χ4n) is 3.30. The molecule has 30 heavy (non-hydrogen) atoms. The van der Waals surface area contributed by atoms with Crippen molar-refractivity contribution in [2.75, 3.05) is 18.1 Å². The molecule has 0 bridgehead atoms. The van der Waals surface area contributed by atoms with Crippen molar-refractivity contribution in [1.29, 1.82) is 0 Å². The van der Waals surface area contributed by atoms with Gasteiger partial charge in [0.1, 0.15) is 5.60 Å². The van der Waals surface area contributed by atoms with E-state index in [-0.39, 0.29) is 29.6 Å². The number of Topliss-reactive ketones (excluding diaryl/α,β-unsaturated/α-hetero) is 1. The first-order chi connectivity index (χ1) is 13.8. The Kier molecular flexibility index (Phi) is 8.15. The van der Waals surface area contributed by atoms with Crippen LogP contribution in [0.5, 0.6) is 0 Å². The molecule has 6 nitrogen and oxygen atoms in total. The molecule has 1 aromatic carbocycles. The molecule has 168 valence electrons. The second-order valence-corrected chi connectivity index (χ2v) is 12.1. The summed E-state index contributed by atoms with van der Waals surface area (Å²) in [4.78, 5) is 26.0. The van der Waals surface area contributed by atoms with Gasteiger partial charge in [0.15, 0.2) is 5.78 Å². The van der Waals surface area contributed by atoms with E-state index in [4.69, 9.17) is 4.74 Å². The number of thioether (sulfide) groups is 1. The van der Waals surface area contributed by atoms with E-state index in [0.717, 1.165) is 5.56 Å². The fraction of sp³-hybridized carbons (Fsp3) is 0.636. The van der Waals surface area contributed by atoms with Gasteiger partial charge in [-0.2, -0.15) is 16.1 Å². The average Bonchev–Trinajstić information content (AvgIpc) is 2.64. The Morgan fingerprint density at radius 1 is 1.20 bits per heavy atom. The van der Waals surface area contributed by atoms with Crippen molar-refractivity contribution in [3.05, 3.63) is 29.8 Å². The lowest BCUT2D eigenvalue weighted by Crippen LogP contribution is -2.51. The molecule has 0 spiro atoms. The molecule has 0 radical (unpaired) electrons. The van der Waals surface area contributed by atoms with Gasteiger partial charge in [0.05, 0.1) is 16.9 Å². The number of aryl methyl sites for hydroxylation is 1. The van der Waals surface area contributed by atoms with Gasteiger partial charge in [-0.25, -0.2) is 8.42 Å². The lowest BCUT2D eigenvalue weighted by atomic mass is 9.89. The van der Waals surface area contributed by atoms with Crippen LogP contribution in [0.4, 0.5) is 0 Å². The number of benzene rings is 1. The highest BCUT2D eigenvalue weighted by Gasteiger charge is 2.40. The van der Waals surface area contributed by atoms with Crippen LogP contribution in [0.3, 0.4) is 0 Å². The first-order valence-corrected chi connectivity index (χ1v) is 12.8. The van der Waals surface area contributed by atoms with Crippen LogP contribution in [0.25, 0.3) is 0 Å². The predicted octanol–water partition coefficient (Wildman–Crippen LogP) is 3.67. The van der Waals surface area contributed by atoms with E-state index in [1.165, 1.54) is 4.31 Å². The molecule has 0 saturated carbocycles. The minimum Gasteiger partial charge on any atom is -0.460 e. The van der Waals surface area contributed by atoms with Crippen LogP contribution >= 0.6 is 11.8 Å². The van der Waals surface area contributed by atoms with Crippen LogP contribution in [-0.4, -0.2) is 54.2 Å². The van der Waals surface area contributed by atoms with Crippen LogP contribution in [0.2, 0.25) is 0 Å². The zero-order chi connectivity index (χ0) is 22.7. The second kappa shape index (κ2) is 9.83. The SMILES string of the molecule is Cc1ccc(S(=O)(=O)N2CCSC[C@H]2C(=O)C[C@@H](C(=O)OC(C)(C)C)C(C)C)cc1. The number of ether oxygens (including phenoxy) is 1. The highest BCUT2D eigenvalue weighted by atomic mass is 32.2. The summed E-state index contributed by atoms with van der Waals surface area (Å²) >= 11 is 1.56. The summed E-state index contributed by atoms with van der Waals surface area (Å²) in [5, 5.41) is 0. The molecule has 1 heterocycles. The number of carbonyl (C=O) groups is 2. The molecule has 2 rings (SSSR count). The van der Waals surface area contributed by atoms with Crippen LogP contribution in [-0.2, 0) is 24.3 Å². The highest BCUT2D eigenvalue weighted by molar-refractivity contribution is 7.99. The Bertz CT molecular complexity index is 857. The predicted molar refractivity (Wildman–Crippen MR) is 120 cm³/mol. The Morgan fingerprint density at radius 2 is 1.80 bits per heavy atom. The minimum absolute atomic E-state index is 0.0300. The third kappa shape index (κ3) is 6.31. The van der Waals surface area contributed by atoms with E-state index >= 15 is 0 Å².